The lowest BCUT2D eigenvalue weighted by molar-refractivity contribution is -0.0731. The maximum Gasteiger partial charge on any atom is 0.131 e. The van der Waals surface area contributed by atoms with Crippen LogP contribution in [0.5, 0.6) is 0 Å². The first-order chi connectivity index (χ1) is 14.0. The third-order valence-corrected chi connectivity index (χ3v) is 6.59. The molecule has 0 aliphatic heterocycles. The van der Waals surface area contributed by atoms with E-state index in [4.69, 9.17) is 0 Å². The fourth-order valence-corrected chi connectivity index (χ4v) is 4.33. The van der Waals surface area contributed by atoms with Crippen LogP contribution in [0.1, 0.15) is 90.9 Å². The third kappa shape index (κ3) is 10.1. The molecule has 3 N–H and O–H groups in total. The van der Waals surface area contributed by atoms with E-state index in [-0.39, 0.29) is 0 Å². The van der Waals surface area contributed by atoms with E-state index >= 15 is 0 Å². The number of hydrogen-bond donors (Lipinski definition) is 3. The topological polar surface area (TPSA) is 60.7 Å². The average Bonchev–Trinajstić information content (AvgIpc) is 3.17. The van der Waals surface area contributed by atoms with Crippen molar-refractivity contribution < 1.29 is 15.3 Å². The molecule has 0 spiro atoms. The Morgan fingerprint density at radius 1 is 1.10 bits per heavy atom. The number of rotatable bonds is 16. The van der Waals surface area contributed by atoms with Crippen LogP contribution in [0.4, 0.5) is 0 Å². The van der Waals surface area contributed by atoms with Crippen LogP contribution in [0.25, 0.3) is 0 Å². The molecule has 5 atom stereocenters. The summed E-state index contributed by atoms with van der Waals surface area (Å²) in [6, 6.07) is 0. The van der Waals surface area contributed by atoms with Crippen molar-refractivity contribution in [1.29, 1.82) is 0 Å². The molecule has 0 aromatic rings. The van der Waals surface area contributed by atoms with Gasteiger partial charge in [-0.15, -0.1) is 6.58 Å². The number of hydrogen-bond acceptors (Lipinski definition) is 3. The lowest BCUT2D eigenvalue weighted by Crippen LogP contribution is -2.43. The Labute approximate surface area is 179 Å². The molecule has 1 fully saturated rings. The summed E-state index contributed by atoms with van der Waals surface area (Å²) in [5.41, 5.74) is -1.59. The summed E-state index contributed by atoms with van der Waals surface area (Å²) in [5.74, 6) is 2.23. The molecule has 0 saturated heterocycles. The normalized spacial score (nSPS) is 24.2. The van der Waals surface area contributed by atoms with E-state index in [1.165, 1.54) is 63.9 Å². The van der Waals surface area contributed by atoms with E-state index in [1.807, 2.05) is 0 Å². The van der Waals surface area contributed by atoms with Crippen LogP contribution < -0.4 is 0 Å². The second kappa shape index (κ2) is 15.0. The Morgan fingerprint density at radius 3 is 2.59 bits per heavy atom. The van der Waals surface area contributed by atoms with Gasteiger partial charge in [-0.3, -0.25) is 0 Å². The van der Waals surface area contributed by atoms with Crippen molar-refractivity contribution in [3.8, 4) is 0 Å². The summed E-state index contributed by atoms with van der Waals surface area (Å²) >= 11 is 0. The molecule has 3 heteroatoms. The molecule has 29 heavy (non-hydrogen) atoms. The van der Waals surface area contributed by atoms with E-state index in [2.05, 4.69) is 44.7 Å². The highest BCUT2D eigenvalue weighted by Crippen LogP contribution is 2.35. The van der Waals surface area contributed by atoms with Crippen LogP contribution in [0.3, 0.4) is 0 Å². The minimum absolute atomic E-state index is 0.420. The first-order valence-corrected chi connectivity index (χ1v) is 11.9. The van der Waals surface area contributed by atoms with Gasteiger partial charge in [-0.05, 0) is 56.3 Å². The van der Waals surface area contributed by atoms with Crippen LogP contribution in [0.2, 0.25) is 0 Å². The fourth-order valence-electron chi connectivity index (χ4n) is 4.33. The predicted molar refractivity (Wildman–Crippen MR) is 124 cm³/mol. The number of aliphatic hydroxyl groups excluding tert-OH is 2. The minimum Gasteiger partial charge on any atom is -0.393 e. The van der Waals surface area contributed by atoms with Crippen LogP contribution in [0.15, 0.2) is 37.0 Å². The summed E-state index contributed by atoms with van der Waals surface area (Å²) in [4.78, 5) is 0. The summed E-state index contributed by atoms with van der Waals surface area (Å²) in [7, 11) is 0. The van der Waals surface area contributed by atoms with Gasteiger partial charge in [0.25, 0.3) is 0 Å². The first kappa shape index (κ1) is 26.1. The fraction of sp³-hybridized carbons (Fsp3) is 0.769. The van der Waals surface area contributed by atoms with Crippen LogP contribution in [-0.2, 0) is 0 Å². The molecule has 1 aliphatic carbocycles. The third-order valence-electron chi connectivity index (χ3n) is 6.59. The van der Waals surface area contributed by atoms with Crippen LogP contribution in [0, 0.1) is 17.8 Å². The lowest BCUT2D eigenvalue weighted by Gasteiger charge is -2.27. The number of allylic oxidation sites excluding steroid dienone is 4. The van der Waals surface area contributed by atoms with E-state index < -0.39 is 18.3 Å². The van der Waals surface area contributed by atoms with Crippen LogP contribution >= 0.6 is 0 Å². The van der Waals surface area contributed by atoms with Crippen molar-refractivity contribution in [2.75, 3.05) is 6.61 Å². The van der Waals surface area contributed by atoms with Gasteiger partial charge in [0, 0.05) is 0 Å². The van der Waals surface area contributed by atoms with Gasteiger partial charge in [-0.2, -0.15) is 0 Å². The second-order valence-corrected chi connectivity index (χ2v) is 9.13. The summed E-state index contributed by atoms with van der Waals surface area (Å²) in [5, 5.41) is 29.2. The van der Waals surface area contributed by atoms with Gasteiger partial charge in [-0.25, -0.2) is 0 Å². The molecule has 0 heterocycles. The van der Waals surface area contributed by atoms with Crippen molar-refractivity contribution in [1.82, 2.24) is 0 Å². The van der Waals surface area contributed by atoms with Gasteiger partial charge in [0.2, 0.25) is 0 Å². The Bertz CT molecular complexity index is 484. The Balaban J connectivity index is 2.28. The molecule has 1 aliphatic rings. The second-order valence-electron chi connectivity index (χ2n) is 9.13. The highest BCUT2D eigenvalue weighted by Gasteiger charge is 2.30. The van der Waals surface area contributed by atoms with Crippen molar-refractivity contribution >= 4 is 0 Å². The molecule has 0 aromatic heterocycles. The molecule has 0 radical (unpaired) electrons. The number of aliphatic hydroxyl groups is 3. The van der Waals surface area contributed by atoms with Gasteiger partial charge in [0.05, 0.1) is 12.7 Å². The van der Waals surface area contributed by atoms with Crippen LogP contribution in [-0.4, -0.2) is 33.6 Å². The Hall–Kier alpha value is -0.900. The summed E-state index contributed by atoms with van der Waals surface area (Å²) in [6.45, 7) is 7.63. The Kier molecular flexibility index (Phi) is 13.5. The van der Waals surface area contributed by atoms with Gasteiger partial charge in [-0.1, -0.05) is 82.8 Å². The first-order valence-electron chi connectivity index (χ1n) is 11.9. The molecular formula is C26H46O3. The van der Waals surface area contributed by atoms with Gasteiger partial charge in [0.15, 0.2) is 0 Å². The number of unbranched alkanes of at least 4 members (excludes halogenated alkanes) is 3. The molecule has 168 valence electrons. The van der Waals surface area contributed by atoms with E-state index in [0.29, 0.717) is 18.8 Å². The molecular weight excluding hydrogens is 360 g/mol. The summed E-state index contributed by atoms with van der Waals surface area (Å²) < 4.78 is 0. The highest BCUT2D eigenvalue weighted by molar-refractivity contribution is 5.02. The quantitative estimate of drug-likeness (QED) is 0.219. The van der Waals surface area contributed by atoms with E-state index in [1.54, 1.807) is 0 Å². The molecule has 2 unspecified atom stereocenters. The monoisotopic (exact) mass is 406 g/mol. The molecule has 3 nitrogen and oxygen atoms in total. The average molecular weight is 407 g/mol. The minimum atomic E-state index is -1.59. The smallest absolute Gasteiger partial charge is 0.131 e. The maximum absolute atomic E-state index is 10.0. The zero-order valence-corrected chi connectivity index (χ0v) is 18.9. The largest absolute Gasteiger partial charge is 0.393 e. The van der Waals surface area contributed by atoms with Crippen molar-refractivity contribution in [2.24, 2.45) is 17.8 Å². The van der Waals surface area contributed by atoms with Crippen molar-refractivity contribution in [3.63, 3.8) is 0 Å². The molecule has 0 bridgehead atoms. The molecule has 0 amide bonds. The SMILES string of the molecule is C=CC(O)(CO)C(O)CC/C=C\C[C@H]1CCC[C@@H]1/C=C/C[C@H](C)CCCCCC. The zero-order valence-electron chi connectivity index (χ0n) is 18.9. The predicted octanol–water partition coefficient (Wildman–Crippen LogP) is 5.95. The lowest BCUT2D eigenvalue weighted by atomic mass is 9.90. The standard InChI is InChI=1S/C26H46O3/c1-4-6-7-9-14-22(3)15-12-17-24-19-13-18-23(24)16-10-8-11-20-25(28)26(29,5-2)21-27/h5,8,10,12,17,22-25,27-29H,2,4,6-7,9,11,13-16,18-21H2,1,3H3/b10-8-,17-12+/t22-,23+,24+,25?,26?/m1/s1. The van der Waals surface area contributed by atoms with Gasteiger partial charge >= 0.3 is 0 Å². The van der Waals surface area contributed by atoms with Gasteiger partial charge < -0.3 is 15.3 Å². The molecule has 1 saturated carbocycles. The zero-order chi connectivity index (χ0) is 21.5. The van der Waals surface area contributed by atoms with Crippen molar-refractivity contribution in [3.05, 3.63) is 37.0 Å². The van der Waals surface area contributed by atoms with E-state index in [9.17, 15) is 15.3 Å². The molecule has 0 aromatic carbocycles. The summed E-state index contributed by atoms with van der Waals surface area (Å²) in [6.07, 6.45) is 23.6. The van der Waals surface area contributed by atoms with Gasteiger partial charge in [0.1, 0.15) is 5.60 Å². The molecule has 1 rings (SSSR count). The maximum atomic E-state index is 10.0. The highest BCUT2D eigenvalue weighted by atomic mass is 16.4. The van der Waals surface area contributed by atoms with E-state index in [0.717, 1.165) is 18.3 Å². The Morgan fingerprint density at radius 2 is 1.90 bits per heavy atom. The van der Waals surface area contributed by atoms with Crippen molar-refractivity contribution in [2.45, 2.75) is 103 Å².